The zero-order chi connectivity index (χ0) is 29.6. The van der Waals surface area contributed by atoms with Crippen LogP contribution >= 0.6 is 22.7 Å². The summed E-state index contributed by atoms with van der Waals surface area (Å²) in [6.07, 6.45) is 0.826. The third-order valence-corrected chi connectivity index (χ3v) is 8.20. The number of hydrogen-bond donors (Lipinski definition) is 3. The Hall–Kier alpha value is -4.64. The molecule has 214 valence electrons. The second-order valence-electron chi connectivity index (χ2n) is 9.04. The molecule has 2 aromatic carbocycles. The lowest BCUT2D eigenvalue weighted by Gasteiger charge is -2.15. The second-order valence-corrected chi connectivity index (χ2v) is 11.1. The minimum atomic E-state index is -1.13. The first-order valence-electron chi connectivity index (χ1n) is 12.8. The third kappa shape index (κ3) is 6.63. The van der Waals surface area contributed by atoms with Gasteiger partial charge in [0.05, 0.1) is 16.8 Å². The van der Waals surface area contributed by atoms with E-state index in [1.807, 2.05) is 37.3 Å². The fourth-order valence-corrected chi connectivity index (χ4v) is 5.88. The lowest BCUT2D eigenvalue weighted by Crippen LogP contribution is -2.13. The Morgan fingerprint density at radius 1 is 1.14 bits per heavy atom. The van der Waals surface area contributed by atoms with Crippen molar-refractivity contribution in [3.63, 3.8) is 0 Å². The summed E-state index contributed by atoms with van der Waals surface area (Å²) in [5, 5.41) is 31.6. The fourth-order valence-electron chi connectivity index (χ4n) is 3.95. The number of anilines is 4. The molecule has 0 aliphatic heterocycles. The summed E-state index contributed by atoms with van der Waals surface area (Å²) in [5.41, 5.74) is 2.12. The number of benzene rings is 2. The van der Waals surface area contributed by atoms with Gasteiger partial charge < -0.3 is 25.2 Å². The minimum absolute atomic E-state index is 0.0429. The number of aliphatic hydroxyl groups excluding tert-OH is 1. The van der Waals surface area contributed by atoms with Crippen LogP contribution in [0.3, 0.4) is 0 Å². The third-order valence-electron chi connectivity index (χ3n) is 6.06. The van der Waals surface area contributed by atoms with Gasteiger partial charge in [0.1, 0.15) is 6.61 Å². The Kier molecular flexibility index (Phi) is 8.87. The van der Waals surface area contributed by atoms with Crippen LogP contribution in [0.25, 0.3) is 10.2 Å². The summed E-state index contributed by atoms with van der Waals surface area (Å²) in [6, 6.07) is 14.0. The molecule has 0 amide bonds. The summed E-state index contributed by atoms with van der Waals surface area (Å²) in [5.74, 6) is 4.55. The summed E-state index contributed by atoms with van der Waals surface area (Å²) in [6.45, 7) is 1.76. The van der Waals surface area contributed by atoms with Crippen LogP contribution < -0.4 is 15.0 Å². The highest BCUT2D eigenvalue weighted by atomic mass is 32.1. The topological polar surface area (TPSA) is 134 Å². The van der Waals surface area contributed by atoms with Crippen LogP contribution in [0.5, 0.6) is 5.75 Å². The zero-order valence-electron chi connectivity index (χ0n) is 22.6. The van der Waals surface area contributed by atoms with Crippen molar-refractivity contribution in [2.75, 3.05) is 30.5 Å². The summed E-state index contributed by atoms with van der Waals surface area (Å²) >= 11 is 2.76. The van der Waals surface area contributed by atoms with Gasteiger partial charge in [-0.05, 0) is 61.7 Å². The molecule has 0 fully saturated rings. The van der Waals surface area contributed by atoms with Gasteiger partial charge >= 0.3 is 5.97 Å². The molecule has 10 nitrogen and oxygen atoms in total. The minimum Gasteiger partial charge on any atom is -0.491 e. The van der Waals surface area contributed by atoms with Crippen molar-refractivity contribution in [2.24, 2.45) is 0 Å². The molecular formula is C29H25FN6O4S2. The first-order valence-corrected chi connectivity index (χ1v) is 14.4. The smallest absolute Gasteiger partial charge is 0.355 e. The quantitative estimate of drug-likeness (QED) is 0.138. The lowest BCUT2D eigenvalue weighted by atomic mass is 10.2. The average Bonchev–Trinajstić information content (AvgIpc) is 3.60. The largest absolute Gasteiger partial charge is 0.491 e. The van der Waals surface area contributed by atoms with E-state index in [-0.39, 0.29) is 24.7 Å². The van der Waals surface area contributed by atoms with Crippen LogP contribution in [-0.2, 0) is 6.42 Å². The summed E-state index contributed by atoms with van der Waals surface area (Å²) in [4.78, 5) is 23.1. The molecule has 0 saturated heterocycles. The van der Waals surface area contributed by atoms with E-state index in [1.54, 1.807) is 18.0 Å². The van der Waals surface area contributed by atoms with E-state index < -0.39 is 11.8 Å². The number of para-hydroxylation sites is 1. The van der Waals surface area contributed by atoms with E-state index in [9.17, 15) is 14.3 Å². The van der Waals surface area contributed by atoms with Gasteiger partial charge in [-0.2, -0.15) is 0 Å². The van der Waals surface area contributed by atoms with Crippen LogP contribution in [0.2, 0.25) is 0 Å². The molecule has 0 atom stereocenters. The van der Waals surface area contributed by atoms with Gasteiger partial charge in [0.25, 0.3) is 0 Å². The Morgan fingerprint density at radius 3 is 2.71 bits per heavy atom. The molecule has 3 aromatic heterocycles. The second kappa shape index (κ2) is 12.9. The number of aryl methyl sites for hydroxylation is 2. The number of aromatic carboxylic acids is 1. The highest BCUT2D eigenvalue weighted by Gasteiger charge is 2.21. The number of rotatable bonds is 10. The van der Waals surface area contributed by atoms with Crippen LogP contribution in [0.15, 0.2) is 48.5 Å². The number of nitrogens with zero attached hydrogens (tertiary/aromatic N) is 5. The van der Waals surface area contributed by atoms with Crippen molar-refractivity contribution in [2.45, 2.75) is 19.8 Å². The maximum absolute atomic E-state index is 14.3. The van der Waals surface area contributed by atoms with E-state index >= 15 is 0 Å². The molecule has 0 aliphatic carbocycles. The van der Waals surface area contributed by atoms with Crippen molar-refractivity contribution in [3.8, 4) is 17.6 Å². The van der Waals surface area contributed by atoms with Gasteiger partial charge in [-0.3, -0.25) is 0 Å². The van der Waals surface area contributed by atoms with Crippen molar-refractivity contribution in [3.05, 3.63) is 76.0 Å². The molecule has 42 heavy (non-hydrogen) atoms. The van der Waals surface area contributed by atoms with Crippen molar-refractivity contribution in [1.29, 1.82) is 0 Å². The van der Waals surface area contributed by atoms with Gasteiger partial charge in [0.15, 0.2) is 39.2 Å². The standard InChI is InChI=1S/C29H25FN6O4S2/c1-17-15-24(34-35-26(17)33-28-31-20-8-3-4-9-22(20)41-28)36(2)29-32-25(27(38)39)23(42-29)10-6-14-40-21-12-11-18(7-5-13-37)16-19(21)30/h3-4,8-9,11-12,15-16,37H,6,10,13-14H2,1-2H3,(H,38,39)(H,31,33,35). The Balaban J connectivity index is 1.23. The highest BCUT2D eigenvalue weighted by molar-refractivity contribution is 7.22. The number of nitrogens with one attached hydrogen (secondary N) is 1. The molecule has 0 spiro atoms. The van der Waals surface area contributed by atoms with Crippen molar-refractivity contribution >= 4 is 60.8 Å². The number of carbonyl (C=O) groups is 1. The number of carboxylic acid groups (broad SMARTS) is 1. The number of thiazole rings is 2. The maximum atomic E-state index is 14.3. The number of aliphatic hydroxyl groups is 1. The molecule has 5 aromatic rings. The molecular weight excluding hydrogens is 579 g/mol. The molecule has 0 radical (unpaired) electrons. The van der Waals surface area contributed by atoms with Crippen LogP contribution in [0, 0.1) is 24.6 Å². The van der Waals surface area contributed by atoms with Gasteiger partial charge in [-0.25, -0.2) is 19.2 Å². The number of ether oxygens (including phenoxy) is 1. The predicted molar refractivity (Wildman–Crippen MR) is 161 cm³/mol. The lowest BCUT2D eigenvalue weighted by molar-refractivity contribution is 0.0690. The molecule has 13 heteroatoms. The molecule has 0 bridgehead atoms. The number of carboxylic acids is 1. The van der Waals surface area contributed by atoms with E-state index in [0.29, 0.717) is 45.2 Å². The molecule has 0 aliphatic rings. The number of aromatic nitrogens is 4. The van der Waals surface area contributed by atoms with Crippen LogP contribution in [0.1, 0.15) is 32.9 Å². The van der Waals surface area contributed by atoms with Crippen LogP contribution in [0.4, 0.5) is 26.3 Å². The first-order chi connectivity index (χ1) is 20.3. The SMILES string of the molecule is Cc1cc(N(C)c2nc(C(=O)O)c(CCCOc3ccc(C#CCO)cc3F)s2)nnc1Nc1nc2ccccc2s1. The van der Waals surface area contributed by atoms with E-state index in [0.717, 1.165) is 15.8 Å². The van der Waals surface area contributed by atoms with E-state index in [1.165, 1.54) is 34.8 Å². The van der Waals surface area contributed by atoms with E-state index in [2.05, 4.69) is 37.3 Å². The Bertz CT molecular complexity index is 1780. The number of fused-ring (bicyclic) bond motifs is 1. The number of halogens is 1. The van der Waals surface area contributed by atoms with Gasteiger partial charge in [-0.1, -0.05) is 35.3 Å². The average molecular weight is 605 g/mol. The van der Waals surface area contributed by atoms with Gasteiger partial charge in [0.2, 0.25) is 0 Å². The molecule has 3 heterocycles. The fraction of sp³-hybridized carbons (Fsp3) is 0.207. The Labute approximate surface area is 248 Å². The highest BCUT2D eigenvalue weighted by Crippen LogP contribution is 2.33. The van der Waals surface area contributed by atoms with E-state index in [4.69, 9.17) is 9.84 Å². The Morgan fingerprint density at radius 2 is 1.98 bits per heavy atom. The predicted octanol–water partition coefficient (Wildman–Crippen LogP) is 5.56. The van der Waals surface area contributed by atoms with Crippen molar-refractivity contribution < 1.29 is 24.1 Å². The van der Waals surface area contributed by atoms with Crippen molar-refractivity contribution in [1.82, 2.24) is 20.2 Å². The molecule has 0 saturated carbocycles. The summed E-state index contributed by atoms with van der Waals surface area (Å²) < 4.78 is 20.9. The summed E-state index contributed by atoms with van der Waals surface area (Å²) in [7, 11) is 1.75. The van der Waals surface area contributed by atoms with Gasteiger partial charge in [0, 0.05) is 17.5 Å². The molecule has 0 unspecified atom stereocenters. The zero-order valence-corrected chi connectivity index (χ0v) is 24.2. The van der Waals surface area contributed by atoms with Gasteiger partial charge in [-0.15, -0.1) is 21.5 Å². The molecule has 5 rings (SSSR count). The normalized spacial score (nSPS) is 10.8. The first kappa shape index (κ1) is 28.9. The van der Waals surface area contributed by atoms with Crippen LogP contribution in [-0.4, -0.2) is 56.6 Å². The molecule has 3 N–H and O–H groups in total. The maximum Gasteiger partial charge on any atom is 0.355 e. The number of hydrogen-bond acceptors (Lipinski definition) is 11. The monoisotopic (exact) mass is 604 g/mol.